The second-order valence-corrected chi connectivity index (χ2v) is 17.6. The fourth-order valence-electron chi connectivity index (χ4n) is 8.99. The molecule has 0 atom stereocenters. The van der Waals surface area contributed by atoms with Crippen molar-refractivity contribution >= 4 is 0 Å². The van der Waals surface area contributed by atoms with Crippen LogP contribution in [0.1, 0.15) is 0 Å². The molecule has 12 rings (SSSR count). The molecule has 0 aliphatic heterocycles. The van der Waals surface area contributed by atoms with E-state index in [9.17, 15) is 0 Å². The largest absolute Gasteiger partial charge is 0.256 e. The topological polar surface area (TPSA) is 77.3 Å². The molecule has 6 nitrogen and oxygen atoms in total. The number of hydrogen-bond donors (Lipinski definition) is 0. The van der Waals surface area contributed by atoms with Crippen LogP contribution in [0.3, 0.4) is 0 Å². The number of hydrogen-bond acceptors (Lipinski definition) is 6. The lowest BCUT2D eigenvalue weighted by molar-refractivity contribution is 1.18. The zero-order valence-corrected chi connectivity index (χ0v) is 39.1. The SMILES string of the molecule is c1ccc(-c2ccc(-c3nc(-c4ccc(-c5ccc(-c6cc(-c7ccc(-c8ccccn8)cc7)nc(-c7ccc(-c8ccccc8)cc7)n6)cc5)cc4)cc(-c4ccc(-c5ccccn5)cc4)n3)cc2)cc1. The third kappa shape index (κ3) is 9.36. The van der Waals surface area contributed by atoms with Crippen LogP contribution in [-0.2, 0) is 0 Å². The molecule has 0 fully saturated rings. The first kappa shape index (κ1) is 43.5. The van der Waals surface area contributed by atoms with Crippen molar-refractivity contribution in [3.05, 3.63) is 267 Å². The van der Waals surface area contributed by atoms with Gasteiger partial charge in [-0.2, -0.15) is 0 Å². The third-order valence-electron chi connectivity index (χ3n) is 12.9. The fourth-order valence-corrected chi connectivity index (χ4v) is 8.99. The predicted molar refractivity (Wildman–Crippen MR) is 293 cm³/mol. The van der Waals surface area contributed by atoms with Crippen LogP contribution in [0.2, 0.25) is 0 Å². The lowest BCUT2D eigenvalue weighted by Crippen LogP contribution is -1.96. The predicted octanol–water partition coefficient (Wildman–Crippen LogP) is 16.4. The molecule has 0 bridgehead atoms. The van der Waals surface area contributed by atoms with Gasteiger partial charge in [-0.1, -0.05) is 218 Å². The molecule has 6 heteroatoms. The molecule has 12 aromatic rings. The Balaban J connectivity index is 0.854. The highest BCUT2D eigenvalue weighted by atomic mass is 14.9. The fraction of sp³-hybridized carbons (Fsp3) is 0. The van der Waals surface area contributed by atoms with Crippen molar-refractivity contribution in [3.63, 3.8) is 0 Å². The summed E-state index contributed by atoms with van der Waals surface area (Å²) in [5, 5.41) is 0. The summed E-state index contributed by atoms with van der Waals surface area (Å²) in [5.74, 6) is 1.33. The molecule has 0 N–H and O–H groups in total. The molecular formula is C66H44N6. The number of nitrogens with zero attached hydrogens (tertiary/aromatic N) is 6. The van der Waals surface area contributed by atoms with Crippen LogP contribution >= 0.6 is 0 Å². The molecule has 0 amide bonds. The maximum Gasteiger partial charge on any atom is 0.160 e. The summed E-state index contributed by atoms with van der Waals surface area (Å²) in [7, 11) is 0. The van der Waals surface area contributed by atoms with E-state index < -0.39 is 0 Å². The Labute approximate surface area is 418 Å². The van der Waals surface area contributed by atoms with Gasteiger partial charge in [0.15, 0.2) is 11.6 Å². The van der Waals surface area contributed by atoms with Gasteiger partial charge in [-0.25, -0.2) is 19.9 Å². The van der Waals surface area contributed by atoms with Gasteiger partial charge in [0, 0.05) is 56.9 Å². The zero-order chi connectivity index (χ0) is 48.1. The minimum absolute atomic E-state index is 0.664. The Morgan fingerprint density at radius 3 is 0.653 bits per heavy atom. The lowest BCUT2D eigenvalue weighted by atomic mass is 9.99. The van der Waals surface area contributed by atoms with Gasteiger partial charge in [0.2, 0.25) is 0 Å². The van der Waals surface area contributed by atoms with Crippen molar-refractivity contribution in [2.24, 2.45) is 0 Å². The van der Waals surface area contributed by atoms with E-state index >= 15 is 0 Å². The third-order valence-corrected chi connectivity index (χ3v) is 12.9. The van der Waals surface area contributed by atoms with E-state index in [0.717, 1.165) is 101 Å². The van der Waals surface area contributed by atoms with Gasteiger partial charge in [-0.15, -0.1) is 0 Å². The highest BCUT2D eigenvalue weighted by Crippen LogP contribution is 2.34. The van der Waals surface area contributed by atoms with Gasteiger partial charge in [0.25, 0.3) is 0 Å². The minimum Gasteiger partial charge on any atom is -0.256 e. The van der Waals surface area contributed by atoms with E-state index in [2.05, 4.69) is 216 Å². The quantitative estimate of drug-likeness (QED) is 0.129. The second kappa shape index (κ2) is 19.7. The van der Waals surface area contributed by atoms with Gasteiger partial charge in [0.1, 0.15) is 0 Å². The Morgan fingerprint density at radius 1 is 0.167 bits per heavy atom. The van der Waals surface area contributed by atoms with Crippen LogP contribution in [0.25, 0.3) is 124 Å². The summed E-state index contributed by atoms with van der Waals surface area (Å²) in [6.07, 6.45) is 3.64. The second-order valence-electron chi connectivity index (χ2n) is 17.6. The maximum atomic E-state index is 5.17. The molecule has 8 aromatic carbocycles. The van der Waals surface area contributed by atoms with Gasteiger partial charge < -0.3 is 0 Å². The highest BCUT2D eigenvalue weighted by molar-refractivity contribution is 5.79. The van der Waals surface area contributed by atoms with Crippen molar-refractivity contribution in [3.8, 4) is 124 Å². The molecule has 0 unspecified atom stereocenters. The number of benzene rings is 8. The molecule has 4 heterocycles. The first-order chi connectivity index (χ1) is 35.6. The van der Waals surface area contributed by atoms with Gasteiger partial charge in [-0.3, -0.25) is 9.97 Å². The van der Waals surface area contributed by atoms with Gasteiger partial charge in [0.05, 0.1) is 34.2 Å². The van der Waals surface area contributed by atoms with Crippen LogP contribution in [-0.4, -0.2) is 29.9 Å². The molecule has 0 aliphatic rings. The lowest BCUT2D eigenvalue weighted by Gasteiger charge is -2.12. The van der Waals surface area contributed by atoms with E-state index in [1.54, 1.807) is 0 Å². The molecule has 72 heavy (non-hydrogen) atoms. The summed E-state index contributed by atoms with van der Waals surface area (Å²) >= 11 is 0. The first-order valence-corrected chi connectivity index (χ1v) is 24.0. The molecule has 0 saturated heterocycles. The maximum absolute atomic E-state index is 5.17. The van der Waals surface area contributed by atoms with Gasteiger partial charge in [-0.05, 0) is 69.8 Å². The van der Waals surface area contributed by atoms with E-state index in [1.165, 1.54) is 11.1 Å². The minimum atomic E-state index is 0.664. The van der Waals surface area contributed by atoms with Crippen LogP contribution in [0.4, 0.5) is 0 Å². The van der Waals surface area contributed by atoms with E-state index in [4.69, 9.17) is 19.9 Å². The summed E-state index contributed by atoms with van der Waals surface area (Å²) in [6.45, 7) is 0. The molecular weight excluding hydrogens is 877 g/mol. The van der Waals surface area contributed by atoms with E-state index in [0.29, 0.717) is 11.6 Å². The van der Waals surface area contributed by atoms with Gasteiger partial charge >= 0.3 is 0 Å². The Morgan fingerprint density at radius 2 is 0.389 bits per heavy atom. The van der Waals surface area contributed by atoms with Crippen molar-refractivity contribution in [2.45, 2.75) is 0 Å². The van der Waals surface area contributed by atoms with Crippen molar-refractivity contribution in [1.82, 2.24) is 29.9 Å². The molecule has 0 radical (unpaired) electrons. The van der Waals surface area contributed by atoms with E-state index in [-0.39, 0.29) is 0 Å². The van der Waals surface area contributed by atoms with Crippen LogP contribution in [0.5, 0.6) is 0 Å². The van der Waals surface area contributed by atoms with Crippen molar-refractivity contribution < 1.29 is 0 Å². The van der Waals surface area contributed by atoms with E-state index in [1.807, 2.05) is 60.9 Å². The van der Waals surface area contributed by atoms with Crippen LogP contribution in [0, 0.1) is 0 Å². The zero-order valence-electron chi connectivity index (χ0n) is 39.1. The number of rotatable bonds is 11. The summed E-state index contributed by atoms with van der Waals surface area (Å²) in [5.41, 5.74) is 20.0. The summed E-state index contributed by atoms with van der Waals surface area (Å²) in [4.78, 5) is 29.7. The van der Waals surface area contributed by atoms with Crippen molar-refractivity contribution in [2.75, 3.05) is 0 Å². The summed E-state index contributed by atoms with van der Waals surface area (Å²) in [6, 6.07) is 88.0. The molecule has 4 aromatic heterocycles. The monoisotopic (exact) mass is 920 g/mol. The Hall–Kier alpha value is -9.78. The molecule has 0 spiro atoms. The molecule has 338 valence electrons. The smallest absolute Gasteiger partial charge is 0.160 e. The normalized spacial score (nSPS) is 11.1. The van der Waals surface area contributed by atoms with Crippen LogP contribution in [0.15, 0.2) is 267 Å². The summed E-state index contributed by atoms with van der Waals surface area (Å²) < 4.78 is 0. The first-order valence-electron chi connectivity index (χ1n) is 24.0. The standard InChI is InChI=1S/C66H44N6/c1-3-11-45(12-4-1)47-21-37-57(38-22-47)65-69-61(43-63(71-65)55-33-29-51(30-34-55)59-15-7-9-41-67-59)53-25-17-49(18-26-53)50-19-27-54(28-20-50)62-44-64(56-35-31-52(32-36-56)60-16-8-10-42-68-60)72-66(70-62)58-39-23-48(24-40-58)46-13-5-2-6-14-46/h1-44H. The number of pyridine rings is 2. The molecule has 0 saturated carbocycles. The average Bonchev–Trinajstić information content (AvgIpc) is 3.48. The average molecular weight is 921 g/mol. The Kier molecular flexibility index (Phi) is 11.9. The highest BCUT2D eigenvalue weighted by Gasteiger charge is 2.15. The van der Waals surface area contributed by atoms with Crippen molar-refractivity contribution in [1.29, 1.82) is 0 Å². The molecule has 0 aliphatic carbocycles. The van der Waals surface area contributed by atoms with Crippen LogP contribution < -0.4 is 0 Å². The number of aromatic nitrogens is 6. The Bertz CT molecular complexity index is 3300.